The van der Waals surface area contributed by atoms with Gasteiger partial charge >= 0.3 is 0 Å². The second-order valence-electron chi connectivity index (χ2n) is 8.07. The number of hydrogen-bond acceptors (Lipinski definition) is 6. The maximum absolute atomic E-state index is 13.2. The molecule has 2 amide bonds. The first kappa shape index (κ1) is 23.8. The van der Waals surface area contributed by atoms with Crippen molar-refractivity contribution in [3.63, 3.8) is 0 Å². The van der Waals surface area contributed by atoms with Crippen LogP contribution >= 0.6 is 0 Å². The average Bonchev–Trinajstić information content (AvgIpc) is 2.84. The van der Waals surface area contributed by atoms with E-state index in [9.17, 15) is 14.4 Å². The number of piperidine rings is 1. The number of ether oxygens (including phenoxy) is 3. The summed E-state index contributed by atoms with van der Waals surface area (Å²) in [5, 5.41) is 3.63. The fraction of sp³-hybridized carbons (Fsp3) is 0.346. The van der Waals surface area contributed by atoms with Gasteiger partial charge in [-0.2, -0.15) is 0 Å². The highest BCUT2D eigenvalue weighted by molar-refractivity contribution is 5.99. The largest absolute Gasteiger partial charge is 0.377 e. The molecule has 0 aliphatic carbocycles. The average molecular weight is 465 g/mol. The molecule has 1 fully saturated rings. The summed E-state index contributed by atoms with van der Waals surface area (Å²) in [6.07, 6.45) is 0.470. The zero-order valence-corrected chi connectivity index (χ0v) is 18.9. The summed E-state index contributed by atoms with van der Waals surface area (Å²) in [5.74, 6) is -0.786. The second kappa shape index (κ2) is 11.7. The molecule has 4 rings (SSSR count). The molecule has 8 heteroatoms. The molecule has 1 saturated heterocycles. The molecule has 1 aromatic heterocycles. The smallest absolute Gasteiger partial charge is 0.259 e. The van der Waals surface area contributed by atoms with E-state index in [1.165, 1.54) is 4.57 Å². The van der Waals surface area contributed by atoms with Crippen molar-refractivity contribution < 1.29 is 23.8 Å². The Bertz CT molecular complexity index is 1190. The van der Waals surface area contributed by atoms with Crippen LogP contribution in [0.4, 0.5) is 0 Å². The zero-order chi connectivity index (χ0) is 23.8. The topological polar surface area (TPSA) is 95.9 Å². The van der Waals surface area contributed by atoms with E-state index in [1.54, 1.807) is 12.1 Å². The highest BCUT2D eigenvalue weighted by Crippen LogP contribution is 2.22. The molecule has 178 valence electrons. The van der Waals surface area contributed by atoms with Crippen LogP contribution < -0.4 is 10.9 Å². The van der Waals surface area contributed by atoms with Crippen molar-refractivity contribution in [3.05, 3.63) is 82.3 Å². The molecule has 3 aromatic rings. The molecule has 1 unspecified atom stereocenters. The Hall–Kier alpha value is -3.33. The van der Waals surface area contributed by atoms with Crippen molar-refractivity contribution in [3.8, 4) is 0 Å². The molecule has 0 radical (unpaired) electrons. The lowest BCUT2D eigenvalue weighted by Crippen LogP contribution is -2.45. The molecular formula is C26H28N2O6. The van der Waals surface area contributed by atoms with E-state index in [4.69, 9.17) is 14.2 Å². The molecule has 1 aliphatic heterocycles. The van der Waals surface area contributed by atoms with Gasteiger partial charge in [0.15, 0.2) is 0 Å². The monoisotopic (exact) mass is 464 g/mol. The normalized spacial score (nSPS) is 16.1. The van der Waals surface area contributed by atoms with Crippen molar-refractivity contribution in [2.45, 2.75) is 32.1 Å². The fourth-order valence-electron chi connectivity index (χ4n) is 3.99. The van der Waals surface area contributed by atoms with Crippen LogP contribution in [-0.4, -0.2) is 42.8 Å². The van der Waals surface area contributed by atoms with Gasteiger partial charge in [0.25, 0.3) is 5.56 Å². The molecule has 2 aromatic carbocycles. The SMILES string of the molecule is O=C1CCC(n2c(COCCOCCOCc3ccccc3)cc3ccccc3c2=O)C(=O)N1. The summed E-state index contributed by atoms with van der Waals surface area (Å²) in [6.45, 7) is 2.33. The number of fused-ring (bicyclic) bond motifs is 1. The van der Waals surface area contributed by atoms with Gasteiger partial charge < -0.3 is 14.2 Å². The van der Waals surface area contributed by atoms with Crippen LogP contribution in [0.2, 0.25) is 0 Å². The number of benzene rings is 2. The number of carbonyl (C=O) groups excluding carboxylic acids is 2. The number of nitrogens with zero attached hydrogens (tertiary/aromatic N) is 1. The third kappa shape index (κ3) is 5.96. The van der Waals surface area contributed by atoms with E-state index >= 15 is 0 Å². The highest BCUT2D eigenvalue weighted by atomic mass is 16.5. The molecule has 1 aliphatic rings. The number of hydrogen-bond donors (Lipinski definition) is 1. The second-order valence-corrected chi connectivity index (χ2v) is 8.07. The van der Waals surface area contributed by atoms with Crippen LogP contribution in [0.5, 0.6) is 0 Å². The molecule has 2 heterocycles. The van der Waals surface area contributed by atoms with Gasteiger partial charge in [-0.15, -0.1) is 0 Å². The van der Waals surface area contributed by atoms with Gasteiger partial charge in [0.05, 0.1) is 39.6 Å². The summed E-state index contributed by atoms with van der Waals surface area (Å²) in [7, 11) is 0. The van der Waals surface area contributed by atoms with Gasteiger partial charge in [-0.25, -0.2) is 0 Å². The van der Waals surface area contributed by atoms with Crippen molar-refractivity contribution in [2.24, 2.45) is 0 Å². The van der Waals surface area contributed by atoms with Gasteiger partial charge in [0, 0.05) is 17.5 Å². The summed E-state index contributed by atoms with van der Waals surface area (Å²) in [6, 6.07) is 18.3. The minimum atomic E-state index is -0.744. The van der Waals surface area contributed by atoms with Crippen molar-refractivity contribution >= 4 is 22.6 Å². The lowest BCUT2D eigenvalue weighted by atomic mass is 10.0. The van der Waals surface area contributed by atoms with E-state index in [-0.39, 0.29) is 30.9 Å². The molecule has 0 bridgehead atoms. The van der Waals surface area contributed by atoms with E-state index in [1.807, 2.05) is 48.5 Å². The van der Waals surface area contributed by atoms with Crippen molar-refractivity contribution in [1.29, 1.82) is 0 Å². The first-order valence-corrected chi connectivity index (χ1v) is 11.4. The standard InChI is InChI=1S/C26H28N2O6/c29-24-11-10-23(25(30)27-24)28-21(16-20-8-4-5-9-22(20)26(28)31)18-34-15-13-32-12-14-33-17-19-6-2-1-3-7-19/h1-9,16,23H,10-15,17-18H2,(H,27,29,30). The summed E-state index contributed by atoms with van der Waals surface area (Å²) >= 11 is 0. The molecular weight excluding hydrogens is 436 g/mol. The summed E-state index contributed by atoms with van der Waals surface area (Å²) < 4.78 is 18.4. The first-order chi connectivity index (χ1) is 16.6. The molecule has 1 atom stereocenters. The van der Waals surface area contributed by atoms with Crippen molar-refractivity contribution in [2.75, 3.05) is 26.4 Å². The minimum absolute atomic E-state index is 0.145. The number of rotatable bonds is 11. The fourth-order valence-corrected chi connectivity index (χ4v) is 3.99. The van der Waals surface area contributed by atoms with Crippen LogP contribution in [0.25, 0.3) is 10.8 Å². The van der Waals surface area contributed by atoms with E-state index in [2.05, 4.69) is 5.32 Å². The van der Waals surface area contributed by atoms with Crippen LogP contribution in [0, 0.1) is 0 Å². The number of aromatic nitrogens is 1. The third-order valence-electron chi connectivity index (χ3n) is 5.67. The lowest BCUT2D eigenvalue weighted by Gasteiger charge is -2.26. The van der Waals surface area contributed by atoms with Gasteiger partial charge in [0.1, 0.15) is 6.04 Å². The predicted molar refractivity (Wildman–Crippen MR) is 126 cm³/mol. The van der Waals surface area contributed by atoms with Gasteiger partial charge in [-0.1, -0.05) is 48.5 Å². The Kier molecular flexibility index (Phi) is 8.19. The Balaban J connectivity index is 1.31. The molecule has 8 nitrogen and oxygen atoms in total. The van der Waals surface area contributed by atoms with E-state index in [0.717, 1.165) is 10.9 Å². The highest BCUT2D eigenvalue weighted by Gasteiger charge is 2.30. The Morgan fingerprint density at radius 2 is 1.50 bits per heavy atom. The number of pyridine rings is 1. The maximum atomic E-state index is 13.2. The number of carbonyl (C=O) groups is 2. The Morgan fingerprint density at radius 3 is 2.26 bits per heavy atom. The van der Waals surface area contributed by atoms with Gasteiger partial charge in [-0.3, -0.25) is 24.3 Å². The van der Waals surface area contributed by atoms with Crippen LogP contribution in [0.1, 0.15) is 30.1 Å². The summed E-state index contributed by atoms with van der Waals surface area (Å²) in [5.41, 5.74) is 1.44. The van der Waals surface area contributed by atoms with E-state index < -0.39 is 11.9 Å². The predicted octanol–water partition coefficient (Wildman–Crippen LogP) is 2.73. The molecule has 1 N–H and O–H groups in total. The van der Waals surface area contributed by atoms with Gasteiger partial charge in [-0.05, 0) is 29.5 Å². The quantitative estimate of drug-likeness (QED) is 0.346. The minimum Gasteiger partial charge on any atom is -0.377 e. The maximum Gasteiger partial charge on any atom is 0.259 e. The van der Waals surface area contributed by atoms with Crippen molar-refractivity contribution in [1.82, 2.24) is 9.88 Å². The van der Waals surface area contributed by atoms with Crippen LogP contribution in [0.15, 0.2) is 65.5 Å². The lowest BCUT2D eigenvalue weighted by molar-refractivity contribution is -0.135. The molecule has 34 heavy (non-hydrogen) atoms. The first-order valence-electron chi connectivity index (χ1n) is 11.4. The molecule has 0 spiro atoms. The summed E-state index contributed by atoms with van der Waals surface area (Å²) in [4.78, 5) is 37.3. The van der Waals surface area contributed by atoms with Gasteiger partial charge in [0.2, 0.25) is 11.8 Å². The van der Waals surface area contributed by atoms with Crippen LogP contribution in [0.3, 0.4) is 0 Å². The third-order valence-corrected chi connectivity index (χ3v) is 5.67. The van der Waals surface area contributed by atoms with Crippen LogP contribution in [-0.2, 0) is 37.0 Å². The number of amides is 2. The zero-order valence-electron chi connectivity index (χ0n) is 18.9. The van der Waals surface area contributed by atoms with E-state index in [0.29, 0.717) is 44.1 Å². The number of nitrogens with one attached hydrogen (secondary N) is 1. The number of imide groups is 1. The Labute approximate surface area is 197 Å². The Morgan fingerprint density at radius 1 is 0.824 bits per heavy atom. The molecule has 0 saturated carbocycles.